The van der Waals surface area contributed by atoms with Gasteiger partial charge >= 0.3 is 5.97 Å². The van der Waals surface area contributed by atoms with Crippen molar-refractivity contribution in [3.63, 3.8) is 0 Å². The number of hydrogen-bond acceptors (Lipinski definition) is 4. The van der Waals surface area contributed by atoms with Crippen LogP contribution in [0, 0.1) is 5.21 Å². The zero-order chi connectivity index (χ0) is 16.7. The number of aromatic carboxylic acids is 1. The number of aromatic nitrogens is 2. The fourth-order valence-corrected chi connectivity index (χ4v) is 1.75. The Bertz CT molecular complexity index is 759. The lowest BCUT2D eigenvalue weighted by molar-refractivity contribution is -0.605. The predicted octanol–water partition coefficient (Wildman–Crippen LogP) is 1.65. The molecule has 2 aromatic heterocycles. The van der Waals surface area contributed by atoms with E-state index in [9.17, 15) is 10.0 Å². The Labute approximate surface area is 138 Å². The number of carbonyl (C=O) groups is 1. The zero-order valence-electron chi connectivity index (χ0n) is 12.5. The summed E-state index contributed by atoms with van der Waals surface area (Å²) >= 11 is 0. The molecule has 4 N–H and O–H groups in total. The number of carboxylic acids is 1. The first kappa shape index (κ1) is 18.6. The minimum absolute atomic E-state index is 0. The number of nitrogens with zero attached hydrogens (tertiary/aromatic N) is 2. The SMILES string of the molecule is O.O=C(O)c1ccc(O)cc1.[O-][n+]1ccc(-c2ccncc2)cc1. The Morgan fingerprint density at radius 3 is 1.92 bits per heavy atom. The molecule has 0 aliphatic rings. The van der Waals surface area contributed by atoms with E-state index >= 15 is 0 Å². The van der Waals surface area contributed by atoms with Gasteiger partial charge in [-0.05, 0) is 47.5 Å². The molecule has 1 aromatic carbocycles. The number of pyridine rings is 2. The van der Waals surface area contributed by atoms with E-state index in [-0.39, 0.29) is 16.8 Å². The van der Waals surface area contributed by atoms with Gasteiger partial charge in [-0.2, -0.15) is 4.73 Å². The lowest BCUT2D eigenvalue weighted by Gasteiger charge is -1.99. The number of aromatic hydroxyl groups is 1. The molecule has 0 atom stereocenters. The molecule has 0 radical (unpaired) electrons. The molecule has 7 heteroatoms. The summed E-state index contributed by atoms with van der Waals surface area (Å²) in [6.45, 7) is 0. The summed E-state index contributed by atoms with van der Waals surface area (Å²) in [7, 11) is 0. The van der Waals surface area contributed by atoms with Gasteiger partial charge in [0.25, 0.3) is 0 Å². The third-order valence-corrected chi connectivity index (χ3v) is 2.93. The van der Waals surface area contributed by atoms with Gasteiger partial charge in [0.2, 0.25) is 0 Å². The van der Waals surface area contributed by atoms with Gasteiger partial charge in [0.1, 0.15) is 5.75 Å². The lowest BCUT2D eigenvalue weighted by Crippen LogP contribution is -2.23. The van der Waals surface area contributed by atoms with Crippen molar-refractivity contribution in [2.45, 2.75) is 0 Å². The normalized spacial score (nSPS) is 9.17. The summed E-state index contributed by atoms with van der Waals surface area (Å²) in [5, 5.41) is 27.9. The van der Waals surface area contributed by atoms with Gasteiger partial charge in [-0.1, -0.05) is 0 Å². The number of hydrogen-bond donors (Lipinski definition) is 2. The number of phenols is 1. The van der Waals surface area contributed by atoms with Crippen LogP contribution in [-0.4, -0.2) is 26.6 Å². The molecule has 3 rings (SSSR count). The molecule has 0 amide bonds. The monoisotopic (exact) mass is 328 g/mol. The maximum Gasteiger partial charge on any atom is 0.335 e. The van der Waals surface area contributed by atoms with Crippen LogP contribution in [-0.2, 0) is 0 Å². The predicted molar refractivity (Wildman–Crippen MR) is 87.3 cm³/mol. The molecule has 2 heterocycles. The number of carboxylic acid groups (broad SMARTS) is 1. The van der Waals surface area contributed by atoms with E-state index in [0.29, 0.717) is 0 Å². The maximum absolute atomic E-state index is 10.8. The van der Waals surface area contributed by atoms with Gasteiger partial charge in [-0.15, -0.1) is 0 Å². The Morgan fingerprint density at radius 1 is 0.917 bits per heavy atom. The first-order valence-electron chi connectivity index (χ1n) is 6.68. The molecule has 0 spiro atoms. The number of rotatable bonds is 2. The molecule has 124 valence electrons. The van der Waals surface area contributed by atoms with Crippen LogP contribution in [0.4, 0.5) is 0 Å². The first-order chi connectivity index (χ1) is 11.1. The molecular formula is C17H16N2O5. The maximum atomic E-state index is 10.8. The van der Waals surface area contributed by atoms with Gasteiger partial charge < -0.3 is 20.9 Å². The van der Waals surface area contributed by atoms with Crippen LogP contribution in [0.5, 0.6) is 5.75 Å². The van der Waals surface area contributed by atoms with E-state index in [1.54, 1.807) is 24.5 Å². The third kappa shape index (κ3) is 5.39. The molecule has 24 heavy (non-hydrogen) atoms. The van der Waals surface area contributed by atoms with Crippen LogP contribution in [0.25, 0.3) is 11.1 Å². The van der Waals surface area contributed by atoms with Crippen LogP contribution >= 0.6 is 0 Å². The van der Waals surface area contributed by atoms with Gasteiger partial charge in [-0.3, -0.25) is 4.98 Å². The van der Waals surface area contributed by atoms with Crippen molar-refractivity contribution in [1.82, 2.24) is 4.98 Å². The molecule has 0 saturated heterocycles. The van der Waals surface area contributed by atoms with E-state index in [2.05, 4.69) is 4.98 Å². The molecule has 0 fully saturated rings. The fourth-order valence-electron chi connectivity index (χ4n) is 1.75. The van der Waals surface area contributed by atoms with Crippen LogP contribution in [0.1, 0.15) is 10.4 Å². The van der Waals surface area contributed by atoms with Crippen molar-refractivity contribution in [3.05, 3.63) is 84.1 Å². The van der Waals surface area contributed by atoms with Crippen molar-refractivity contribution in [2.24, 2.45) is 0 Å². The molecule has 0 bridgehead atoms. The van der Waals surface area contributed by atoms with Crippen molar-refractivity contribution < 1.29 is 25.2 Å². The van der Waals surface area contributed by atoms with Gasteiger partial charge in [-0.25, -0.2) is 4.79 Å². The Balaban J connectivity index is 0.000000238. The first-order valence-corrected chi connectivity index (χ1v) is 6.68. The Morgan fingerprint density at radius 2 is 1.42 bits per heavy atom. The highest BCUT2D eigenvalue weighted by atomic mass is 16.5. The van der Waals surface area contributed by atoms with E-state index < -0.39 is 5.97 Å². The quantitative estimate of drug-likeness (QED) is 0.546. The average Bonchev–Trinajstić information content (AvgIpc) is 2.57. The van der Waals surface area contributed by atoms with E-state index in [1.165, 1.54) is 36.7 Å². The van der Waals surface area contributed by atoms with E-state index in [1.807, 2.05) is 12.1 Å². The Kier molecular flexibility index (Phi) is 6.87. The van der Waals surface area contributed by atoms with E-state index in [4.69, 9.17) is 10.2 Å². The van der Waals surface area contributed by atoms with Crippen LogP contribution in [0.2, 0.25) is 0 Å². The van der Waals surface area contributed by atoms with Crippen molar-refractivity contribution in [1.29, 1.82) is 0 Å². The fraction of sp³-hybridized carbons (Fsp3) is 0. The second-order valence-corrected chi connectivity index (χ2v) is 4.53. The van der Waals surface area contributed by atoms with Gasteiger partial charge in [0.05, 0.1) is 5.56 Å². The van der Waals surface area contributed by atoms with Crippen molar-refractivity contribution >= 4 is 5.97 Å². The second kappa shape index (κ2) is 8.86. The summed E-state index contributed by atoms with van der Waals surface area (Å²) in [5.74, 6) is -0.912. The van der Waals surface area contributed by atoms with Crippen LogP contribution in [0.3, 0.4) is 0 Å². The highest BCUT2D eigenvalue weighted by Gasteiger charge is 1.99. The van der Waals surface area contributed by atoms with Gasteiger partial charge in [0, 0.05) is 24.5 Å². The van der Waals surface area contributed by atoms with Gasteiger partial charge in [0.15, 0.2) is 12.4 Å². The molecule has 0 aliphatic heterocycles. The van der Waals surface area contributed by atoms with E-state index in [0.717, 1.165) is 15.9 Å². The van der Waals surface area contributed by atoms with Crippen LogP contribution in [0.15, 0.2) is 73.3 Å². The van der Waals surface area contributed by atoms with Crippen LogP contribution < -0.4 is 4.73 Å². The second-order valence-electron chi connectivity index (χ2n) is 4.53. The molecule has 3 aromatic rings. The highest BCUT2D eigenvalue weighted by molar-refractivity contribution is 5.87. The van der Waals surface area contributed by atoms with Crippen molar-refractivity contribution in [2.75, 3.05) is 0 Å². The largest absolute Gasteiger partial charge is 0.619 e. The standard InChI is InChI=1S/C10H8N2O.C7H6O3.H2O/c13-12-7-3-10(4-8-12)9-1-5-11-6-2-9;8-6-3-1-5(2-4-6)7(9)10;/h1-8H;1-4,8H,(H,9,10);1H2. The molecular weight excluding hydrogens is 312 g/mol. The minimum Gasteiger partial charge on any atom is -0.619 e. The number of phenolic OH excluding ortho intramolecular Hbond substituents is 1. The summed E-state index contributed by atoms with van der Waals surface area (Å²) in [4.78, 5) is 14.2. The average molecular weight is 328 g/mol. The summed E-state index contributed by atoms with van der Waals surface area (Å²) in [6, 6.07) is 12.7. The zero-order valence-corrected chi connectivity index (χ0v) is 12.5. The number of benzene rings is 1. The van der Waals surface area contributed by atoms with Crippen molar-refractivity contribution in [3.8, 4) is 16.9 Å². The summed E-state index contributed by atoms with van der Waals surface area (Å²) < 4.78 is 0.769. The minimum atomic E-state index is -0.986. The Hall–Kier alpha value is -3.45. The topological polar surface area (TPSA) is 129 Å². The third-order valence-electron chi connectivity index (χ3n) is 2.93. The lowest BCUT2D eigenvalue weighted by atomic mass is 10.1. The molecule has 0 saturated carbocycles. The molecule has 0 aliphatic carbocycles. The molecule has 7 nitrogen and oxygen atoms in total. The highest BCUT2D eigenvalue weighted by Crippen LogP contribution is 2.15. The summed E-state index contributed by atoms with van der Waals surface area (Å²) in [6.07, 6.45) is 6.42. The summed E-state index contributed by atoms with van der Waals surface area (Å²) in [5.41, 5.74) is 2.27. The smallest absolute Gasteiger partial charge is 0.335 e. The molecule has 0 unspecified atom stereocenters.